The van der Waals surface area contributed by atoms with Gasteiger partial charge < -0.3 is 10.6 Å². The zero-order valence-electron chi connectivity index (χ0n) is 19.1. The van der Waals surface area contributed by atoms with E-state index in [-0.39, 0.29) is 17.5 Å². The summed E-state index contributed by atoms with van der Waals surface area (Å²) in [5.74, 6) is -1.00. The molecule has 0 spiro atoms. The Morgan fingerprint density at radius 3 is 2.21 bits per heavy atom. The van der Waals surface area contributed by atoms with E-state index in [4.69, 9.17) is 11.6 Å². The van der Waals surface area contributed by atoms with Crippen LogP contribution in [-0.4, -0.2) is 21.6 Å². The summed E-state index contributed by atoms with van der Waals surface area (Å²) >= 11 is 5.92. The minimum atomic E-state index is -0.881. The molecule has 0 radical (unpaired) electrons. The van der Waals surface area contributed by atoms with Crippen molar-refractivity contribution < 1.29 is 9.59 Å². The quantitative estimate of drug-likeness (QED) is 0.509. The van der Waals surface area contributed by atoms with E-state index in [1.54, 1.807) is 51.1 Å². The van der Waals surface area contributed by atoms with Crippen LogP contribution in [0.3, 0.4) is 0 Å². The van der Waals surface area contributed by atoms with E-state index in [0.717, 1.165) is 15.8 Å². The average Bonchev–Trinajstić information content (AvgIpc) is 2.78. The third-order valence-corrected chi connectivity index (χ3v) is 5.41. The first-order valence-corrected chi connectivity index (χ1v) is 11.2. The van der Waals surface area contributed by atoms with Crippen molar-refractivity contribution in [3.63, 3.8) is 0 Å². The first-order chi connectivity index (χ1) is 15.7. The number of amides is 2. The minimum Gasteiger partial charge on any atom is -0.324 e. The molecule has 0 fully saturated rings. The molecule has 1 atom stereocenters. The number of aryl methyl sites for hydroxylation is 1. The lowest BCUT2D eigenvalue weighted by Crippen LogP contribution is -2.37. The van der Waals surface area contributed by atoms with Gasteiger partial charge in [0.15, 0.2) is 0 Å². The molecule has 0 aliphatic carbocycles. The standard InChI is InChI=1S/C25H27ClN4O3/c1-5-22(24(32)27-19-12-10-18(26)11-13-19)30-25(33)21(28-23(31)15(2)3)14-20(29-30)17-8-6-16(4)7-9-17/h6-15,22H,5H2,1-4H3,(H,27,32)(H,28,31)/t22-/m0/s1. The Labute approximate surface area is 197 Å². The highest BCUT2D eigenvalue weighted by Crippen LogP contribution is 2.22. The molecule has 0 saturated heterocycles. The van der Waals surface area contributed by atoms with Crippen molar-refractivity contribution in [1.29, 1.82) is 0 Å². The van der Waals surface area contributed by atoms with Gasteiger partial charge in [-0.3, -0.25) is 14.4 Å². The number of rotatable bonds is 7. The Kier molecular flexibility index (Phi) is 7.66. The summed E-state index contributed by atoms with van der Waals surface area (Å²) in [4.78, 5) is 38.7. The molecular formula is C25H27ClN4O3. The van der Waals surface area contributed by atoms with Crippen LogP contribution in [0.25, 0.3) is 11.3 Å². The SMILES string of the molecule is CC[C@@H](C(=O)Nc1ccc(Cl)cc1)n1nc(-c2ccc(C)cc2)cc(NC(=O)C(C)C)c1=O. The average molecular weight is 467 g/mol. The van der Waals surface area contributed by atoms with Crippen LogP contribution in [0.1, 0.15) is 38.8 Å². The number of halogens is 1. The van der Waals surface area contributed by atoms with E-state index in [1.165, 1.54) is 0 Å². The van der Waals surface area contributed by atoms with E-state index in [0.29, 0.717) is 22.8 Å². The van der Waals surface area contributed by atoms with E-state index in [1.807, 2.05) is 31.2 Å². The number of carbonyl (C=O) groups excluding carboxylic acids is 2. The fourth-order valence-electron chi connectivity index (χ4n) is 3.18. The zero-order chi connectivity index (χ0) is 24.1. The van der Waals surface area contributed by atoms with E-state index in [2.05, 4.69) is 15.7 Å². The summed E-state index contributed by atoms with van der Waals surface area (Å²) in [6.07, 6.45) is 0.321. The minimum absolute atomic E-state index is 0.0806. The highest BCUT2D eigenvalue weighted by molar-refractivity contribution is 6.30. The maximum atomic E-state index is 13.3. The van der Waals surface area contributed by atoms with Crippen molar-refractivity contribution in [2.75, 3.05) is 10.6 Å². The highest BCUT2D eigenvalue weighted by Gasteiger charge is 2.24. The molecule has 2 aromatic carbocycles. The first-order valence-electron chi connectivity index (χ1n) is 10.8. The Balaban J connectivity index is 2.06. The van der Waals surface area contributed by atoms with Gasteiger partial charge in [-0.15, -0.1) is 0 Å². The summed E-state index contributed by atoms with van der Waals surface area (Å²) in [6, 6.07) is 15.0. The maximum absolute atomic E-state index is 13.3. The van der Waals surface area contributed by atoms with Gasteiger partial charge in [0.1, 0.15) is 11.7 Å². The number of anilines is 2. The van der Waals surface area contributed by atoms with Gasteiger partial charge in [0.2, 0.25) is 11.8 Å². The largest absolute Gasteiger partial charge is 0.324 e. The van der Waals surface area contributed by atoms with Crippen LogP contribution in [0.4, 0.5) is 11.4 Å². The van der Waals surface area contributed by atoms with Crippen LogP contribution in [0.5, 0.6) is 0 Å². The number of benzene rings is 2. The van der Waals surface area contributed by atoms with Crippen molar-refractivity contribution in [3.05, 3.63) is 75.5 Å². The molecule has 2 N–H and O–H groups in total. The molecule has 0 bridgehead atoms. The molecule has 0 aliphatic heterocycles. The van der Waals surface area contributed by atoms with Crippen molar-refractivity contribution >= 4 is 34.8 Å². The number of nitrogens with one attached hydrogen (secondary N) is 2. The lowest BCUT2D eigenvalue weighted by atomic mass is 10.1. The molecule has 172 valence electrons. The summed E-state index contributed by atoms with van der Waals surface area (Å²) in [6.45, 7) is 7.25. The zero-order valence-corrected chi connectivity index (χ0v) is 19.8. The predicted octanol–water partition coefficient (Wildman–Crippen LogP) is 5.06. The summed E-state index contributed by atoms with van der Waals surface area (Å²) in [5, 5.41) is 10.5. The maximum Gasteiger partial charge on any atom is 0.291 e. The van der Waals surface area contributed by atoms with Gasteiger partial charge in [-0.05, 0) is 43.7 Å². The first kappa shape index (κ1) is 24.2. The Bertz CT molecular complexity index is 1200. The second-order valence-electron chi connectivity index (χ2n) is 8.12. The number of hydrogen-bond acceptors (Lipinski definition) is 4. The molecule has 1 heterocycles. The van der Waals surface area contributed by atoms with E-state index < -0.39 is 17.5 Å². The van der Waals surface area contributed by atoms with Crippen LogP contribution >= 0.6 is 11.6 Å². The molecular weight excluding hydrogens is 440 g/mol. The van der Waals surface area contributed by atoms with Crippen molar-refractivity contribution in [2.45, 2.75) is 40.2 Å². The highest BCUT2D eigenvalue weighted by atomic mass is 35.5. The Hall–Kier alpha value is -3.45. The van der Waals surface area contributed by atoms with E-state index >= 15 is 0 Å². The van der Waals surface area contributed by atoms with Crippen LogP contribution in [0.2, 0.25) is 5.02 Å². The molecule has 0 saturated carbocycles. The van der Waals surface area contributed by atoms with Gasteiger partial charge in [0, 0.05) is 22.2 Å². The van der Waals surface area contributed by atoms with Crippen LogP contribution in [-0.2, 0) is 9.59 Å². The summed E-state index contributed by atoms with van der Waals surface area (Å²) in [7, 11) is 0. The molecule has 33 heavy (non-hydrogen) atoms. The molecule has 0 unspecified atom stereocenters. The Morgan fingerprint density at radius 2 is 1.64 bits per heavy atom. The lowest BCUT2D eigenvalue weighted by Gasteiger charge is -2.19. The van der Waals surface area contributed by atoms with Crippen molar-refractivity contribution in [1.82, 2.24) is 9.78 Å². The fourth-order valence-corrected chi connectivity index (χ4v) is 3.31. The predicted molar refractivity (Wildman–Crippen MR) is 132 cm³/mol. The third kappa shape index (κ3) is 5.87. The molecule has 0 aliphatic rings. The van der Waals surface area contributed by atoms with Crippen molar-refractivity contribution in [2.24, 2.45) is 5.92 Å². The number of hydrogen-bond donors (Lipinski definition) is 2. The topological polar surface area (TPSA) is 93.1 Å². The van der Waals surface area contributed by atoms with Crippen LogP contribution in [0.15, 0.2) is 59.4 Å². The summed E-state index contributed by atoms with van der Waals surface area (Å²) in [5.41, 5.74) is 2.41. The van der Waals surface area contributed by atoms with Gasteiger partial charge in [0.25, 0.3) is 5.56 Å². The van der Waals surface area contributed by atoms with Gasteiger partial charge in [0.05, 0.1) is 5.69 Å². The van der Waals surface area contributed by atoms with Crippen LogP contribution < -0.4 is 16.2 Å². The molecule has 7 nitrogen and oxygen atoms in total. The van der Waals surface area contributed by atoms with Gasteiger partial charge >= 0.3 is 0 Å². The molecule has 8 heteroatoms. The third-order valence-electron chi connectivity index (χ3n) is 5.16. The van der Waals surface area contributed by atoms with Gasteiger partial charge in [-0.25, -0.2) is 4.68 Å². The second kappa shape index (κ2) is 10.4. The molecule has 1 aromatic heterocycles. The number of carbonyl (C=O) groups is 2. The number of aromatic nitrogens is 2. The monoisotopic (exact) mass is 466 g/mol. The van der Waals surface area contributed by atoms with Gasteiger partial charge in [-0.1, -0.05) is 62.2 Å². The van der Waals surface area contributed by atoms with Crippen LogP contribution in [0, 0.1) is 12.8 Å². The lowest BCUT2D eigenvalue weighted by molar-refractivity contribution is -0.120. The smallest absolute Gasteiger partial charge is 0.291 e. The summed E-state index contributed by atoms with van der Waals surface area (Å²) < 4.78 is 1.15. The second-order valence-corrected chi connectivity index (χ2v) is 8.56. The molecule has 2 amide bonds. The van der Waals surface area contributed by atoms with E-state index in [9.17, 15) is 14.4 Å². The Morgan fingerprint density at radius 1 is 1.00 bits per heavy atom. The molecule has 3 rings (SSSR count). The molecule has 3 aromatic rings. The fraction of sp³-hybridized carbons (Fsp3) is 0.280. The van der Waals surface area contributed by atoms with Crippen molar-refractivity contribution in [3.8, 4) is 11.3 Å². The number of nitrogens with zero attached hydrogens (tertiary/aromatic N) is 2. The normalized spacial score (nSPS) is 11.8. The van der Waals surface area contributed by atoms with Gasteiger partial charge in [-0.2, -0.15) is 5.10 Å².